The lowest BCUT2D eigenvalue weighted by molar-refractivity contribution is -0.115. The van der Waals surface area contributed by atoms with E-state index >= 15 is 0 Å². The van der Waals surface area contributed by atoms with Gasteiger partial charge in [0.25, 0.3) is 0 Å². The van der Waals surface area contributed by atoms with Crippen molar-refractivity contribution in [3.05, 3.63) is 59.7 Å². The first kappa shape index (κ1) is 21.8. The first-order chi connectivity index (χ1) is 14.9. The number of benzene rings is 2. The number of nitrogens with zero attached hydrogens (tertiary/aromatic N) is 3. The first-order valence-electron chi connectivity index (χ1n) is 9.31. The van der Waals surface area contributed by atoms with E-state index in [9.17, 15) is 14.9 Å². The number of rotatable bonds is 6. The van der Waals surface area contributed by atoms with Crippen LogP contribution in [0.5, 0.6) is 0 Å². The number of amides is 2. The van der Waals surface area contributed by atoms with E-state index in [4.69, 9.17) is 5.73 Å². The molecule has 0 spiro atoms. The van der Waals surface area contributed by atoms with Gasteiger partial charge in [-0.25, -0.2) is 9.97 Å². The van der Waals surface area contributed by atoms with Crippen molar-refractivity contribution >= 4 is 40.8 Å². The highest BCUT2D eigenvalue weighted by molar-refractivity contribution is 7.98. The molecular weight excluding hydrogens is 412 g/mol. The van der Waals surface area contributed by atoms with E-state index in [-0.39, 0.29) is 23.2 Å². The van der Waals surface area contributed by atoms with Crippen LogP contribution in [-0.4, -0.2) is 21.8 Å². The minimum Gasteiger partial charge on any atom is -0.382 e. The van der Waals surface area contributed by atoms with Gasteiger partial charge in [-0.2, -0.15) is 5.26 Å². The van der Waals surface area contributed by atoms with Gasteiger partial charge in [0, 0.05) is 36.5 Å². The molecule has 0 saturated heterocycles. The van der Waals surface area contributed by atoms with Gasteiger partial charge in [0.15, 0.2) is 5.16 Å². The van der Waals surface area contributed by atoms with Gasteiger partial charge < -0.3 is 16.4 Å². The number of hydrogen-bond donors (Lipinski definition) is 3. The molecule has 0 aliphatic heterocycles. The summed E-state index contributed by atoms with van der Waals surface area (Å²) in [5.74, 6) is 0.273. The van der Waals surface area contributed by atoms with E-state index in [0.29, 0.717) is 27.9 Å². The second-order valence-corrected chi connectivity index (χ2v) is 7.55. The van der Waals surface area contributed by atoms with Crippen LogP contribution in [0.3, 0.4) is 0 Å². The van der Waals surface area contributed by atoms with Gasteiger partial charge in [-0.05, 0) is 23.8 Å². The monoisotopic (exact) mass is 432 g/mol. The van der Waals surface area contributed by atoms with Crippen molar-refractivity contribution in [1.29, 1.82) is 5.26 Å². The largest absolute Gasteiger partial charge is 0.382 e. The van der Waals surface area contributed by atoms with Crippen LogP contribution in [0.2, 0.25) is 0 Å². The first-order valence-corrected chi connectivity index (χ1v) is 10.3. The number of carbonyl (C=O) groups excluding carboxylic acids is 2. The molecule has 3 rings (SSSR count). The number of carbonyl (C=O) groups is 2. The van der Waals surface area contributed by atoms with Gasteiger partial charge in [0.2, 0.25) is 11.8 Å². The third-order valence-electron chi connectivity index (χ3n) is 4.19. The second kappa shape index (κ2) is 9.73. The quantitative estimate of drug-likeness (QED) is 0.398. The highest BCUT2D eigenvalue weighted by Gasteiger charge is 2.15. The Kier molecular flexibility index (Phi) is 6.85. The van der Waals surface area contributed by atoms with Crippen LogP contribution in [0, 0.1) is 11.3 Å². The number of hydrogen-bond acceptors (Lipinski definition) is 7. The summed E-state index contributed by atoms with van der Waals surface area (Å²) in [4.78, 5) is 31.4. The lowest BCUT2D eigenvalue weighted by Gasteiger charge is -2.11. The Morgan fingerprint density at radius 1 is 1.03 bits per heavy atom. The SMILES string of the molecule is CC(=O)Nc1ccc(-c2nc(SCc3ccccc3NC(C)=O)nc(N)c2C#N)cc1. The van der Waals surface area contributed by atoms with E-state index in [1.54, 1.807) is 24.3 Å². The number of para-hydroxylation sites is 1. The maximum Gasteiger partial charge on any atom is 0.221 e. The molecule has 0 aliphatic carbocycles. The molecule has 9 heteroatoms. The van der Waals surface area contributed by atoms with Crippen LogP contribution >= 0.6 is 11.8 Å². The van der Waals surface area contributed by atoms with Crippen molar-refractivity contribution in [3.8, 4) is 17.3 Å². The number of thioether (sulfide) groups is 1. The predicted molar refractivity (Wildman–Crippen MR) is 121 cm³/mol. The van der Waals surface area contributed by atoms with Crippen molar-refractivity contribution < 1.29 is 9.59 Å². The van der Waals surface area contributed by atoms with E-state index in [0.717, 1.165) is 11.3 Å². The second-order valence-electron chi connectivity index (χ2n) is 6.61. The van der Waals surface area contributed by atoms with Crippen LogP contribution < -0.4 is 16.4 Å². The maximum atomic E-state index is 11.4. The third kappa shape index (κ3) is 5.58. The zero-order chi connectivity index (χ0) is 22.4. The Morgan fingerprint density at radius 3 is 2.35 bits per heavy atom. The van der Waals surface area contributed by atoms with Crippen LogP contribution in [0.1, 0.15) is 25.0 Å². The van der Waals surface area contributed by atoms with Crippen LogP contribution in [-0.2, 0) is 15.3 Å². The van der Waals surface area contributed by atoms with E-state index < -0.39 is 0 Å². The van der Waals surface area contributed by atoms with E-state index in [2.05, 4.69) is 26.7 Å². The average molecular weight is 433 g/mol. The van der Waals surface area contributed by atoms with Crippen molar-refractivity contribution in [1.82, 2.24) is 9.97 Å². The molecule has 2 aromatic carbocycles. The summed E-state index contributed by atoms with van der Waals surface area (Å²) in [7, 11) is 0. The zero-order valence-electron chi connectivity index (χ0n) is 17.0. The summed E-state index contributed by atoms with van der Waals surface area (Å²) in [6.45, 7) is 2.89. The van der Waals surface area contributed by atoms with Crippen molar-refractivity contribution in [3.63, 3.8) is 0 Å². The number of nitrogens with two attached hydrogens (primary N) is 1. The summed E-state index contributed by atoms with van der Waals surface area (Å²) in [6.07, 6.45) is 0. The number of nitriles is 1. The Balaban J connectivity index is 1.89. The highest BCUT2D eigenvalue weighted by Crippen LogP contribution is 2.30. The highest BCUT2D eigenvalue weighted by atomic mass is 32.2. The van der Waals surface area contributed by atoms with Gasteiger partial charge in [0.1, 0.15) is 17.5 Å². The molecule has 4 N–H and O–H groups in total. The molecule has 0 unspecified atom stereocenters. The minimum absolute atomic E-state index is 0.0936. The standard InChI is InChI=1S/C22H20N6O2S/c1-13(29)25-17-9-7-15(8-10-17)20-18(11-23)21(24)28-22(27-20)31-12-16-5-3-4-6-19(16)26-14(2)30/h3-10H,12H2,1-2H3,(H,25,29)(H,26,30)(H2,24,27,28). The minimum atomic E-state index is -0.171. The summed E-state index contributed by atoms with van der Waals surface area (Å²) < 4.78 is 0. The normalized spacial score (nSPS) is 10.2. The molecular formula is C22H20N6O2S. The fourth-order valence-electron chi connectivity index (χ4n) is 2.86. The Hall–Kier alpha value is -3.90. The molecule has 31 heavy (non-hydrogen) atoms. The molecule has 8 nitrogen and oxygen atoms in total. The molecule has 0 radical (unpaired) electrons. The van der Waals surface area contributed by atoms with Crippen LogP contribution in [0.4, 0.5) is 17.2 Å². The Bertz CT molecular complexity index is 1170. The molecule has 3 aromatic rings. The average Bonchev–Trinajstić information content (AvgIpc) is 2.72. The molecule has 0 fully saturated rings. The number of aromatic nitrogens is 2. The fourth-order valence-corrected chi connectivity index (χ4v) is 3.71. The van der Waals surface area contributed by atoms with E-state index in [1.807, 2.05) is 24.3 Å². The molecule has 1 aromatic heterocycles. The van der Waals surface area contributed by atoms with Gasteiger partial charge in [0.05, 0.1) is 5.69 Å². The Morgan fingerprint density at radius 2 is 1.71 bits per heavy atom. The van der Waals surface area contributed by atoms with Crippen molar-refractivity contribution in [2.45, 2.75) is 24.8 Å². The van der Waals surface area contributed by atoms with Gasteiger partial charge >= 0.3 is 0 Å². The number of nitrogens with one attached hydrogen (secondary N) is 2. The fraction of sp³-hybridized carbons (Fsp3) is 0.136. The molecule has 1 heterocycles. The molecule has 0 saturated carbocycles. The lowest BCUT2D eigenvalue weighted by atomic mass is 10.1. The molecule has 156 valence electrons. The molecule has 0 bridgehead atoms. The van der Waals surface area contributed by atoms with Crippen LogP contribution in [0.15, 0.2) is 53.7 Å². The summed E-state index contributed by atoms with van der Waals surface area (Å²) in [5.41, 5.74) is 9.59. The van der Waals surface area contributed by atoms with Gasteiger partial charge in [-0.1, -0.05) is 42.1 Å². The van der Waals surface area contributed by atoms with Crippen molar-refractivity contribution in [2.24, 2.45) is 0 Å². The Labute approximate surface area is 183 Å². The zero-order valence-corrected chi connectivity index (χ0v) is 17.8. The number of nitrogen functional groups attached to an aromatic ring is 1. The van der Waals surface area contributed by atoms with Crippen molar-refractivity contribution in [2.75, 3.05) is 16.4 Å². The summed E-state index contributed by atoms with van der Waals surface area (Å²) in [6, 6.07) is 16.5. The smallest absolute Gasteiger partial charge is 0.221 e. The maximum absolute atomic E-state index is 11.4. The third-order valence-corrected chi connectivity index (χ3v) is 5.09. The molecule has 0 atom stereocenters. The summed E-state index contributed by atoms with van der Waals surface area (Å²) in [5, 5.41) is 15.5. The predicted octanol–water partition coefficient (Wildman–Crippen LogP) is 3.81. The lowest BCUT2D eigenvalue weighted by Crippen LogP contribution is -2.08. The van der Waals surface area contributed by atoms with Gasteiger partial charge in [-0.15, -0.1) is 0 Å². The number of anilines is 3. The molecule has 2 amide bonds. The van der Waals surface area contributed by atoms with E-state index in [1.165, 1.54) is 25.6 Å². The summed E-state index contributed by atoms with van der Waals surface area (Å²) >= 11 is 1.35. The molecule has 0 aliphatic rings. The topological polar surface area (TPSA) is 134 Å². The van der Waals surface area contributed by atoms with Gasteiger partial charge in [-0.3, -0.25) is 9.59 Å². The van der Waals surface area contributed by atoms with Crippen LogP contribution in [0.25, 0.3) is 11.3 Å².